The van der Waals surface area contributed by atoms with E-state index in [9.17, 15) is 0 Å². The maximum atomic E-state index is 5.61. The van der Waals surface area contributed by atoms with Gasteiger partial charge >= 0.3 is 0 Å². The van der Waals surface area contributed by atoms with Crippen LogP contribution in [0.15, 0.2) is 12.1 Å². The predicted octanol–water partition coefficient (Wildman–Crippen LogP) is 1.34. The van der Waals surface area contributed by atoms with E-state index in [1.807, 2.05) is 0 Å². The molecule has 1 aromatic carbocycles. The van der Waals surface area contributed by atoms with E-state index in [0.29, 0.717) is 0 Å². The van der Waals surface area contributed by atoms with Crippen LogP contribution >= 0.6 is 12.2 Å². The Labute approximate surface area is 179 Å². The molecular formula is C21H34N4O3S. The molecule has 2 fully saturated rings. The number of ether oxygens (including phenoxy) is 3. The Balaban J connectivity index is 1.42. The fraction of sp³-hybridized carbons (Fsp3) is 0.667. The highest BCUT2D eigenvalue weighted by molar-refractivity contribution is 7.80. The number of nitrogens with one attached hydrogen (secondary N) is 1. The molecule has 0 aliphatic carbocycles. The molecule has 162 valence electrons. The van der Waals surface area contributed by atoms with Gasteiger partial charge in [0.15, 0.2) is 16.6 Å². The summed E-state index contributed by atoms with van der Waals surface area (Å²) in [6, 6.07) is 4.15. The van der Waals surface area contributed by atoms with Crippen molar-refractivity contribution in [2.24, 2.45) is 0 Å². The summed E-state index contributed by atoms with van der Waals surface area (Å²) >= 11 is 5.61. The minimum absolute atomic E-state index is 0.784. The summed E-state index contributed by atoms with van der Waals surface area (Å²) in [4.78, 5) is 7.18. The summed E-state index contributed by atoms with van der Waals surface area (Å²) in [7, 11) is 3.36. The lowest BCUT2D eigenvalue weighted by Gasteiger charge is -2.36. The zero-order chi connectivity index (χ0) is 20.6. The predicted molar refractivity (Wildman–Crippen MR) is 119 cm³/mol. The lowest BCUT2D eigenvalue weighted by molar-refractivity contribution is 0.0388. The molecule has 0 amide bonds. The normalized spacial score (nSPS) is 18.5. The average Bonchev–Trinajstić information content (AvgIpc) is 2.76. The van der Waals surface area contributed by atoms with E-state index in [4.69, 9.17) is 26.4 Å². The Bertz CT molecular complexity index is 674. The molecule has 8 heteroatoms. The van der Waals surface area contributed by atoms with Crippen molar-refractivity contribution in [3.8, 4) is 11.5 Å². The number of morpholine rings is 1. The third-order valence-electron chi connectivity index (χ3n) is 5.70. The number of hydrogen-bond donors (Lipinski definition) is 1. The third kappa shape index (κ3) is 6.18. The highest BCUT2D eigenvalue weighted by Crippen LogP contribution is 2.30. The van der Waals surface area contributed by atoms with Gasteiger partial charge in [-0.15, -0.1) is 0 Å². The van der Waals surface area contributed by atoms with Gasteiger partial charge in [-0.25, -0.2) is 0 Å². The van der Waals surface area contributed by atoms with Crippen molar-refractivity contribution in [1.29, 1.82) is 0 Å². The topological polar surface area (TPSA) is 49.4 Å². The molecule has 3 rings (SSSR count). The second-order valence-electron chi connectivity index (χ2n) is 7.58. The minimum Gasteiger partial charge on any atom is -0.493 e. The highest BCUT2D eigenvalue weighted by atomic mass is 32.1. The van der Waals surface area contributed by atoms with Gasteiger partial charge in [-0.2, -0.15) is 0 Å². The monoisotopic (exact) mass is 422 g/mol. The van der Waals surface area contributed by atoms with E-state index in [2.05, 4.69) is 39.1 Å². The van der Waals surface area contributed by atoms with Gasteiger partial charge in [0.05, 0.1) is 27.4 Å². The Morgan fingerprint density at radius 2 is 1.66 bits per heavy atom. The zero-order valence-electron chi connectivity index (χ0n) is 17.9. The standard InChI is InChI=1S/C21H34N4O3S/c1-17-14-19(26-2)20(27-3)15-18(17)16-24-6-8-25(9-7-24)21(29)22-4-5-23-10-12-28-13-11-23/h14-15H,4-13,16H2,1-3H3,(H,22,29). The summed E-state index contributed by atoms with van der Waals surface area (Å²) in [6.45, 7) is 12.6. The van der Waals surface area contributed by atoms with Crippen LogP contribution in [0.1, 0.15) is 11.1 Å². The van der Waals surface area contributed by atoms with E-state index >= 15 is 0 Å². The zero-order valence-corrected chi connectivity index (χ0v) is 18.7. The summed E-state index contributed by atoms with van der Waals surface area (Å²) in [5.74, 6) is 1.57. The molecular weight excluding hydrogens is 388 g/mol. The molecule has 29 heavy (non-hydrogen) atoms. The minimum atomic E-state index is 0.784. The number of benzene rings is 1. The second-order valence-corrected chi connectivity index (χ2v) is 7.97. The molecule has 0 atom stereocenters. The Morgan fingerprint density at radius 1 is 1.00 bits per heavy atom. The van der Waals surface area contributed by atoms with Crippen LogP contribution < -0.4 is 14.8 Å². The van der Waals surface area contributed by atoms with Gasteiger partial charge in [-0.05, 0) is 42.4 Å². The maximum Gasteiger partial charge on any atom is 0.169 e. The molecule has 0 bridgehead atoms. The average molecular weight is 423 g/mol. The number of methoxy groups -OCH3 is 2. The molecule has 1 N–H and O–H groups in total. The van der Waals surface area contributed by atoms with Crippen LogP contribution in [-0.4, -0.2) is 99.6 Å². The first-order valence-electron chi connectivity index (χ1n) is 10.4. The Hall–Kier alpha value is -1.61. The van der Waals surface area contributed by atoms with E-state index < -0.39 is 0 Å². The fourth-order valence-corrected chi connectivity index (χ4v) is 4.09. The van der Waals surface area contributed by atoms with Crippen LogP contribution in [0.25, 0.3) is 0 Å². The molecule has 2 saturated heterocycles. The largest absolute Gasteiger partial charge is 0.493 e. The number of aryl methyl sites for hydroxylation is 1. The molecule has 2 aliphatic rings. The van der Waals surface area contributed by atoms with Gasteiger partial charge in [-0.1, -0.05) is 0 Å². The van der Waals surface area contributed by atoms with E-state index in [-0.39, 0.29) is 0 Å². The lowest BCUT2D eigenvalue weighted by Crippen LogP contribution is -2.52. The summed E-state index contributed by atoms with van der Waals surface area (Å²) in [5, 5.41) is 4.30. The van der Waals surface area contributed by atoms with Crippen molar-refractivity contribution in [3.05, 3.63) is 23.3 Å². The summed E-state index contributed by atoms with van der Waals surface area (Å²) in [5.41, 5.74) is 2.51. The van der Waals surface area contributed by atoms with Crippen LogP contribution in [-0.2, 0) is 11.3 Å². The van der Waals surface area contributed by atoms with Gasteiger partial charge in [0.2, 0.25) is 0 Å². The quantitative estimate of drug-likeness (QED) is 0.661. The molecule has 0 saturated carbocycles. The molecule has 2 heterocycles. The molecule has 0 spiro atoms. The van der Waals surface area contributed by atoms with Gasteiger partial charge in [-0.3, -0.25) is 9.80 Å². The van der Waals surface area contributed by atoms with Crippen molar-refractivity contribution in [1.82, 2.24) is 20.0 Å². The molecule has 7 nitrogen and oxygen atoms in total. The van der Waals surface area contributed by atoms with Gasteiger partial charge in [0, 0.05) is 58.9 Å². The highest BCUT2D eigenvalue weighted by Gasteiger charge is 2.20. The Morgan fingerprint density at radius 3 is 2.31 bits per heavy atom. The molecule has 0 unspecified atom stereocenters. The van der Waals surface area contributed by atoms with Crippen molar-refractivity contribution in [3.63, 3.8) is 0 Å². The number of rotatable bonds is 7. The Kier molecular flexibility index (Phi) is 8.35. The summed E-state index contributed by atoms with van der Waals surface area (Å²) in [6.07, 6.45) is 0. The maximum absolute atomic E-state index is 5.61. The first-order chi connectivity index (χ1) is 14.1. The first kappa shape index (κ1) is 22.1. The fourth-order valence-electron chi connectivity index (χ4n) is 3.80. The van der Waals surface area contributed by atoms with E-state index in [1.54, 1.807) is 14.2 Å². The van der Waals surface area contributed by atoms with Gasteiger partial charge in [0.25, 0.3) is 0 Å². The van der Waals surface area contributed by atoms with Crippen molar-refractivity contribution in [2.45, 2.75) is 13.5 Å². The molecule has 2 aliphatic heterocycles. The van der Waals surface area contributed by atoms with Crippen LogP contribution in [0.4, 0.5) is 0 Å². The SMILES string of the molecule is COc1cc(C)c(CN2CCN(C(=S)NCCN3CCOCC3)CC2)cc1OC. The van der Waals surface area contributed by atoms with E-state index in [0.717, 1.165) is 88.7 Å². The molecule has 1 aromatic rings. The van der Waals surface area contributed by atoms with Crippen LogP contribution in [0.5, 0.6) is 11.5 Å². The summed E-state index contributed by atoms with van der Waals surface area (Å²) < 4.78 is 16.3. The molecule has 0 radical (unpaired) electrons. The first-order valence-corrected chi connectivity index (χ1v) is 10.8. The number of thiocarbonyl (C=S) groups is 1. The van der Waals surface area contributed by atoms with Crippen molar-refractivity contribution < 1.29 is 14.2 Å². The van der Waals surface area contributed by atoms with Gasteiger partial charge < -0.3 is 24.4 Å². The van der Waals surface area contributed by atoms with Gasteiger partial charge in [0.1, 0.15) is 0 Å². The third-order valence-corrected chi connectivity index (χ3v) is 6.11. The number of piperazine rings is 1. The smallest absolute Gasteiger partial charge is 0.169 e. The number of nitrogens with zero attached hydrogens (tertiary/aromatic N) is 3. The number of hydrogen-bond acceptors (Lipinski definition) is 6. The molecule has 0 aromatic heterocycles. The van der Waals surface area contributed by atoms with Crippen molar-refractivity contribution >= 4 is 17.3 Å². The lowest BCUT2D eigenvalue weighted by atomic mass is 10.1. The van der Waals surface area contributed by atoms with Crippen molar-refractivity contribution in [2.75, 3.05) is 79.8 Å². The second kappa shape index (κ2) is 11.0. The van der Waals surface area contributed by atoms with Crippen LogP contribution in [0, 0.1) is 6.92 Å². The van der Waals surface area contributed by atoms with Crippen LogP contribution in [0.3, 0.4) is 0 Å². The van der Waals surface area contributed by atoms with E-state index in [1.165, 1.54) is 11.1 Å². The van der Waals surface area contributed by atoms with Crippen LogP contribution in [0.2, 0.25) is 0 Å².